The molecular formula is C25H26N6O3. The van der Waals surface area contributed by atoms with Gasteiger partial charge in [0.05, 0.1) is 37.4 Å². The van der Waals surface area contributed by atoms with Crippen LogP contribution in [0.1, 0.15) is 21.7 Å². The molecule has 0 N–H and O–H groups in total. The summed E-state index contributed by atoms with van der Waals surface area (Å²) in [4.78, 5) is 28.1. The second-order valence-electron chi connectivity index (χ2n) is 7.66. The van der Waals surface area contributed by atoms with Crippen molar-refractivity contribution in [3.05, 3.63) is 78.0 Å². The third-order valence-electron chi connectivity index (χ3n) is 5.53. The van der Waals surface area contributed by atoms with E-state index in [-0.39, 0.29) is 5.91 Å². The van der Waals surface area contributed by atoms with Gasteiger partial charge in [-0.1, -0.05) is 6.07 Å². The first-order valence-electron chi connectivity index (χ1n) is 10.8. The van der Waals surface area contributed by atoms with Crippen LogP contribution in [0.5, 0.6) is 11.5 Å². The molecule has 4 aromatic rings. The number of ether oxygens (including phenoxy) is 2. The molecule has 174 valence electrons. The maximum Gasteiger partial charge on any atom is 0.257 e. The molecule has 4 rings (SSSR count). The molecule has 0 atom stereocenters. The highest BCUT2D eigenvalue weighted by Crippen LogP contribution is 2.32. The summed E-state index contributed by atoms with van der Waals surface area (Å²) in [6.45, 7) is 2.37. The molecule has 0 spiro atoms. The number of rotatable bonds is 8. The van der Waals surface area contributed by atoms with Crippen molar-refractivity contribution in [2.45, 2.75) is 13.3 Å². The molecule has 0 saturated heterocycles. The summed E-state index contributed by atoms with van der Waals surface area (Å²) in [6.07, 6.45) is 5.62. The minimum absolute atomic E-state index is 0.120. The molecular weight excluding hydrogens is 432 g/mol. The first kappa shape index (κ1) is 22.9. The quantitative estimate of drug-likeness (QED) is 0.399. The van der Waals surface area contributed by atoms with Crippen LogP contribution in [0.2, 0.25) is 0 Å². The Morgan fingerprint density at radius 3 is 2.65 bits per heavy atom. The van der Waals surface area contributed by atoms with Gasteiger partial charge >= 0.3 is 0 Å². The van der Waals surface area contributed by atoms with Crippen LogP contribution in [-0.4, -0.2) is 63.4 Å². The van der Waals surface area contributed by atoms with Gasteiger partial charge in [0.1, 0.15) is 11.5 Å². The first-order chi connectivity index (χ1) is 16.5. The number of hydrogen-bond acceptors (Lipinski definition) is 7. The van der Waals surface area contributed by atoms with E-state index in [1.54, 1.807) is 55.5 Å². The van der Waals surface area contributed by atoms with Crippen LogP contribution in [0.25, 0.3) is 17.2 Å². The fourth-order valence-corrected chi connectivity index (χ4v) is 3.57. The first-order valence-corrected chi connectivity index (χ1v) is 10.8. The fraction of sp³-hybridized carbons (Fsp3) is 0.240. The molecule has 1 amide bonds. The largest absolute Gasteiger partial charge is 0.497 e. The lowest BCUT2D eigenvalue weighted by Gasteiger charge is -2.16. The molecule has 9 nitrogen and oxygen atoms in total. The van der Waals surface area contributed by atoms with Crippen LogP contribution in [-0.2, 0) is 6.42 Å². The Morgan fingerprint density at radius 1 is 1.06 bits per heavy atom. The van der Waals surface area contributed by atoms with Gasteiger partial charge in [-0.2, -0.15) is 5.10 Å². The lowest BCUT2D eigenvalue weighted by atomic mass is 10.1. The number of benzene rings is 1. The summed E-state index contributed by atoms with van der Waals surface area (Å²) in [5, 5.41) is 4.39. The second kappa shape index (κ2) is 10.1. The Hall–Kier alpha value is -4.27. The smallest absolute Gasteiger partial charge is 0.257 e. The molecule has 0 bridgehead atoms. The van der Waals surface area contributed by atoms with Crippen molar-refractivity contribution >= 4 is 5.91 Å². The van der Waals surface area contributed by atoms with Gasteiger partial charge in [0.25, 0.3) is 11.9 Å². The molecule has 3 aromatic heterocycles. The Kier molecular flexibility index (Phi) is 6.82. The monoisotopic (exact) mass is 458 g/mol. The van der Waals surface area contributed by atoms with Gasteiger partial charge in [0.15, 0.2) is 0 Å². The second-order valence-corrected chi connectivity index (χ2v) is 7.66. The van der Waals surface area contributed by atoms with E-state index in [1.807, 2.05) is 43.3 Å². The van der Waals surface area contributed by atoms with Crippen molar-refractivity contribution in [2.24, 2.45) is 0 Å². The lowest BCUT2D eigenvalue weighted by molar-refractivity contribution is 0.0795. The maximum atomic E-state index is 13.1. The highest BCUT2D eigenvalue weighted by molar-refractivity contribution is 5.95. The predicted molar refractivity (Wildman–Crippen MR) is 127 cm³/mol. The minimum Gasteiger partial charge on any atom is -0.497 e. The molecule has 0 aliphatic carbocycles. The van der Waals surface area contributed by atoms with E-state index in [0.717, 1.165) is 11.3 Å². The average Bonchev–Trinajstić information content (AvgIpc) is 3.28. The molecule has 0 aliphatic heterocycles. The number of amides is 1. The Bertz CT molecular complexity index is 1290. The highest BCUT2D eigenvalue weighted by atomic mass is 16.5. The van der Waals surface area contributed by atoms with Crippen molar-refractivity contribution in [1.29, 1.82) is 0 Å². The standard InChI is InChI=1S/C25H26N6O3/c1-17-21(24(32)30(2)14-11-18-7-5-6-12-26-18)16-28-31(17)25-27-13-10-22(29-25)20-15-19(33-3)8-9-23(20)34-4/h5-10,12-13,15-16H,11,14H2,1-4H3. The van der Waals surface area contributed by atoms with Crippen LogP contribution in [0, 0.1) is 6.92 Å². The molecule has 1 aromatic carbocycles. The summed E-state index contributed by atoms with van der Waals surface area (Å²) in [7, 11) is 4.98. The van der Waals surface area contributed by atoms with Gasteiger partial charge in [-0.3, -0.25) is 9.78 Å². The highest BCUT2D eigenvalue weighted by Gasteiger charge is 2.20. The molecule has 34 heavy (non-hydrogen) atoms. The van der Waals surface area contributed by atoms with Crippen molar-refractivity contribution in [2.75, 3.05) is 27.8 Å². The summed E-state index contributed by atoms with van der Waals surface area (Å²) in [6, 6.07) is 13.1. The molecule has 9 heteroatoms. The minimum atomic E-state index is -0.120. The van der Waals surface area contributed by atoms with Crippen LogP contribution >= 0.6 is 0 Å². The SMILES string of the molecule is COc1ccc(OC)c(-c2ccnc(-n3ncc(C(=O)N(C)CCc4ccccn4)c3C)n2)c1. The number of methoxy groups -OCH3 is 2. The van der Waals surface area contributed by atoms with Gasteiger partial charge in [0.2, 0.25) is 0 Å². The van der Waals surface area contributed by atoms with E-state index < -0.39 is 0 Å². The fourth-order valence-electron chi connectivity index (χ4n) is 3.57. The van der Waals surface area contributed by atoms with Crippen molar-refractivity contribution < 1.29 is 14.3 Å². The molecule has 0 saturated carbocycles. The van der Waals surface area contributed by atoms with Crippen LogP contribution in [0.4, 0.5) is 0 Å². The van der Waals surface area contributed by atoms with Gasteiger partial charge in [-0.25, -0.2) is 14.6 Å². The maximum absolute atomic E-state index is 13.1. The number of aromatic nitrogens is 5. The zero-order valence-electron chi connectivity index (χ0n) is 19.6. The lowest BCUT2D eigenvalue weighted by Crippen LogP contribution is -2.29. The van der Waals surface area contributed by atoms with Crippen LogP contribution < -0.4 is 9.47 Å². The third kappa shape index (κ3) is 4.73. The zero-order chi connectivity index (χ0) is 24.1. The molecule has 0 fully saturated rings. The molecule has 0 aliphatic rings. The van der Waals surface area contributed by atoms with Gasteiger partial charge < -0.3 is 14.4 Å². The van der Waals surface area contributed by atoms with Crippen LogP contribution in [0.15, 0.2) is 61.1 Å². The zero-order valence-corrected chi connectivity index (χ0v) is 19.6. The summed E-state index contributed by atoms with van der Waals surface area (Å²) in [5.74, 6) is 1.58. The third-order valence-corrected chi connectivity index (χ3v) is 5.53. The van der Waals surface area contributed by atoms with Gasteiger partial charge in [-0.05, 0) is 43.3 Å². The normalized spacial score (nSPS) is 10.7. The summed E-state index contributed by atoms with van der Waals surface area (Å²) >= 11 is 0. The number of carbonyl (C=O) groups excluding carboxylic acids is 1. The number of pyridine rings is 1. The van der Waals surface area contributed by atoms with E-state index in [2.05, 4.69) is 20.1 Å². The molecule has 0 radical (unpaired) electrons. The summed E-state index contributed by atoms with van der Waals surface area (Å²) in [5.41, 5.74) is 3.51. The summed E-state index contributed by atoms with van der Waals surface area (Å²) < 4.78 is 12.4. The van der Waals surface area contributed by atoms with E-state index in [9.17, 15) is 4.79 Å². The Labute approximate surface area is 198 Å². The van der Waals surface area contributed by atoms with Crippen LogP contribution in [0.3, 0.4) is 0 Å². The average molecular weight is 459 g/mol. The van der Waals surface area contributed by atoms with Gasteiger partial charge in [-0.15, -0.1) is 0 Å². The van der Waals surface area contributed by atoms with Gasteiger partial charge in [0, 0.05) is 43.7 Å². The van der Waals surface area contributed by atoms with Crippen molar-refractivity contribution in [3.63, 3.8) is 0 Å². The van der Waals surface area contributed by atoms with E-state index in [4.69, 9.17) is 9.47 Å². The molecule has 0 unspecified atom stereocenters. The number of carbonyl (C=O) groups is 1. The van der Waals surface area contributed by atoms with E-state index in [0.29, 0.717) is 47.4 Å². The Balaban J connectivity index is 1.58. The predicted octanol–water partition coefficient (Wildman–Crippen LogP) is 3.36. The topological polar surface area (TPSA) is 95.3 Å². The number of likely N-dealkylation sites (N-methyl/N-ethyl adjacent to an activating group) is 1. The number of nitrogens with zero attached hydrogens (tertiary/aromatic N) is 6. The van der Waals surface area contributed by atoms with Crippen molar-refractivity contribution in [3.8, 4) is 28.7 Å². The number of hydrogen-bond donors (Lipinski definition) is 0. The van der Waals surface area contributed by atoms with E-state index in [1.165, 1.54) is 0 Å². The van der Waals surface area contributed by atoms with E-state index >= 15 is 0 Å². The molecule has 3 heterocycles. The van der Waals surface area contributed by atoms with Crippen molar-refractivity contribution in [1.82, 2.24) is 29.6 Å². The Morgan fingerprint density at radius 2 is 1.91 bits per heavy atom.